The minimum absolute atomic E-state index is 0.475. The van der Waals surface area contributed by atoms with E-state index in [1.165, 1.54) is 11.2 Å². The molecule has 4 aromatic carbocycles. The number of hydrogen-bond donors (Lipinski definition) is 0. The lowest BCUT2D eigenvalue weighted by atomic mass is 9.74. The first kappa shape index (κ1) is 37.9. The van der Waals surface area contributed by atoms with Gasteiger partial charge in [0.2, 0.25) is 5.89 Å². The number of allylic oxidation sites excluding steroid dienone is 8. The highest BCUT2D eigenvalue weighted by Crippen LogP contribution is 2.32. The maximum atomic E-state index is 6.48. The fourth-order valence-electron chi connectivity index (χ4n) is 7.10. The Kier molecular flexibility index (Phi) is 10.9. The first-order chi connectivity index (χ1) is 28.4. The molecule has 0 unspecified atom stereocenters. The van der Waals surface area contributed by atoms with Gasteiger partial charge in [0.25, 0.3) is 0 Å². The summed E-state index contributed by atoms with van der Waals surface area (Å²) in [6, 6.07) is 34.0. The van der Waals surface area contributed by atoms with Crippen LogP contribution in [-0.4, -0.2) is 36.8 Å². The first-order valence-corrected chi connectivity index (χ1v) is 20.1. The van der Waals surface area contributed by atoms with Gasteiger partial charge in [-0.05, 0) is 97.2 Å². The highest BCUT2D eigenvalue weighted by Gasteiger charge is 2.21. The van der Waals surface area contributed by atoms with Crippen LogP contribution >= 0.6 is 11.3 Å². The third-order valence-corrected chi connectivity index (χ3v) is 11.0. The molecule has 0 aliphatic carbocycles. The Labute approximate surface area is 343 Å². The van der Waals surface area contributed by atoms with Gasteiger partial charge in [-0.25, -0.2) is 24.9 Å². The minimum atomic E-state index is 0.475. The fraction of sp³-hybridized carbons (Fsp3) is 0.0816. The van der Waals surface area contributed by atoms with E-state index in [9.17, 15) is 0 Å². The molecule has 0 fully saturated rings. The summed E-state index contributed by atoms with van der Waals surface area (Å²) in [6.45, 7) is 16.7. The van der Waals surface area contributed by atoms with Crippen molar-refractivity contribution in [3.05, 3.63) is 181 Å². The molecule has 8 rings (SSSR count). The number of hydrogen-bond acceptors (Lipinski definition) is 7. The summed E-state index contributed by atoms with van der Waals surface area (Å²) in [4.78, 5) is 24.6. The molecule has 4 heterocycles. The maximum absolute atomic E-state index is 6.48. The van der Waals surface area contributed by atoms with Crippen LogP contribution in [0.4, 0.5) is 0 Å². The van der Waals surface area contributed by atoms with Crippen molar-refractivity contribution in [1.82, 2.24) is 29.5 Å². The lowest BCUT2D eigenvalue weighted by Gasteiger charge is -2.09. The van der Waals surface area contributed by atoms with Crippen LogP contribution in [0.1, 0.15) is 36.6 Å². The van der Waals surface area contributed by atoms with E-state index in [0.717, 1.165) is 72.8 Å². The second-order valence-corrected chi connectivity index (χ2v) is 14.8. The van der Waals surface area contributed by atoms with Gasteiger partial charge in [0.1, 0.15) is 5.52 Å². The van der Waals surface area contributed by atoms with Crippen LogP contribution in [0.15, 0.2) is 162 Å². The smallest absolute Gasteiger partial charge is 0.227 e. The summed E-state index contributed by atoms with van der Waals surface area (Å²) in [5.41, 5.74) is 12.4. The fourth-order valence-corrected chi connectivity index (χ4v) is 8.10. The van der Waals surface area contributed by atoms with Crippen molar-refractivity contribution in [3.8, 4) is 39.3 Å². The Morgan fingerprint density at radius 2 is 1.43 bits per heavy atom. The maximum Gasteiger partial charge on any atom is 0.227 e. The molecule has 7 nitrogen and oxygen atoms in total. The van der Waals surface area contributed by atoms with Crippen LogP contribution in [0.5, 0.6) is 0 Å². The zero-order valence-electron chi connectivity index (χ0n) is 33.0. The van der Waals surface area contributed by atoms with E-state index in [4.69, 9.17) is 29.3 Å². The topological polar surface area (TPSA) is 82.5 Å². The number of aromatic nitrogens is 6. The third-order valence-electron chi connectivity index (χ3n) is 9.98. The Balaban J connectivity index is 1.16. The van der Waals surface area contributed by atoms with Crippen LogP contribution in [0.3, 0.4) is 0 Å². The van der Waals surface area contributed by atoms with E-state index in [-0.39, 0.29) is 0 Å². The summed E-state index contributed by atoms with van der Waals surface area (Å²) in [5, 5.41) is 0.959. The molecule has 0 amide bonds. The molecule has 0 N–H and O–H groups in total. The normalized spacial score (nSPS) is 12.5. The van der Waals surface area contributed by atoms with Crippen LogP contribution in [-0.2, 0) is 0 Å². The predicted molar refractivity (Wildman–Crippen MR) is 245 cm³/mol. The Morgan fingerprint density at radius 1 is 0.776 bits per heavy atom. The number of thiazole rings is 1. The standard InChI is InChI=1S/C49H41BN6OS/c1-7-18-37(28-31(4)33(9-3)29-38-32(5)41(19-8-2)56(44(38)50-6)49-52-40-24-16-17-25-43(40)58-49)48-51-39-27-26-36(30-42(39)57-48)47-54-45(34-20-12-10-13-21-34)53-46(55-47)35-22-14-11-15-23-35/h7-30,50H,1,3H2,2,4-6H3/b19-8-,31-28+,33-29+,37-18+. The molecular weight excluding hydrogens is 731 g/mol. The van der Waals surface area contributed by atoms with Gasteiger partial charge in [0.05, 0.1) is 15.9 Å². The summed E-state index contributed by atoms with van der Waals surface area (Å²) in [7, 11) is 0.825. The zero-order chi connectivity index (χ0) is 40.2. The molecule has 0 saturated carbocycles. The molecule has 8 aromatic rings. The third kappa shape index (κ3) is 7.47. The highest BCUT2D eigenvalue weighted by molar-refractivity contribution is 7.20. The number of benzene rings is 4. The summed E-state index contributed by atoms with van der Waals surface area (Å²) >= 11 is 1.71. The molecule has 9 heteroatoms. The average molecular weight is 773 g/mol. The quantitative estimate of drug-likeness (QED) is 0.0908. The van der Waals surface area contributed by atoms with E-state index in [0.29, 0.717) is 28.9 Å². The van der Waals surface area contributed by atoms with Crippen molar-refractivity contribution in [2.24, 2.45) is 0 Å². The number of para-hydroxylation sites is 1. The molecule has 0 saturated heterocycles. The molecule has 0 aliphatic rings. The van der Waals surface area contributed by atoms with Gasteiger partial charge in [-0.2, -0.15) is 0 Å². The Bertz CT molecular complexity index is 2860. The molecule has 58 heavy (non-hydrogen) atoms. The highest BCUT2D eigenvalue weighted by atomic mass is 32.1. The van der Waals surface area contributed by atoms with E-state index < -0.39 is 0 Å². The second-order valence-electron chi connectivity index (χ2n) is 13.8. The number of rotatable bonds is 12. The molecule has 0 atom stereocenters. The van der Waals surface area contributed by atoms with Crippen molar-refractivity contribution in [3.63, 3.8) is 0 Å². The van der Waals surface area contributed by atoms with Gasteiger partial charge in [-0.15, -0.1) is 0 Å². The molecule has 0 radical (unpaired) electrons. The van der Waals surface area contributed by atoms with Crippen molar-refractivity contribution in [2.45, 2.75) is 27.6 Å². The van der Waals surface area contributed by atoms with Gasteiger partial charge < -0.3 is 4.42 Å². The number of fused-ring (bicyclic) bond motifs is 2. The molecular formula is C49H41BN6OS. The number of oxazole rings is 1. The summed E-state index contributed by atoms with van der Waals surface area (Å²) in [5.74, 6) is 2.21. The molecule has 0 spiro atoms. The lowest BCUT2D eigenvalue weighted by molar-refractivity contribution is 0.586. The van der Waals surface area contributed by atoms with E-state index >= 15 is 0 Å². The van der Waals surface area contributed by atoms with Gasteiger partial charge in [0.15, 0.2) is 35.5 Å². The van der Waals surface area contributed by atoms with Crippen LogP contribution in [0.2, 0.25) is 6.82 Å². The monoisotopic (exact) mass is 772 g/mol. The van der Waals surface area contributed by atoms with E-state index in [1.807, 2.05) is 97.1 Å². The van der Waals surface area contributed by atoms with Gasteiger partial charge in [0, 0.05) is 22.3 Å². The SMILES string of the molecule is C=C\C=C(/C=C(C)/C(C=C)=C/c1c(C)c(/C=C\C)n(-c2nc3ccccc3s2)c1BC)c1nc2ccc(-c3nc(-c4ccccc4)nc(-c4ccccc4)n3)cc2o1. The largest absolute Gasteiger partial charge is 0.436 e. The molecule has 282 valence electrons. The van der Waals surface area contributed by atoms with Gasteiger partial charge in [-0.3, -0.25) is 4.57 Å². The Hall–Kier alpha value is -6.97. The van der Waals surface area contributed by atoms with Crippen molar-refractivity contribution >= 4 is 63.3 Å². The summed E-state index contributed by atoms with van der Waals surface area (Å²) < 4.78 is 9.95. The van der Waals surface area contributed by atoms with Gasteiger partial charge >= 0.3 is 0 Å². The van der Waals surface area contributed by atoms with Gasteiger partial charge in [-0.1, -0.05) is 128 Å². The van der Waals surface area contributed by atoms with E-state index in [1.54, 1.807) is 17.4 Å². The van der Waals surface area contributed by atoms with Crippen molar-refractivity contribution < 1.29 is 4.42 Å². The van der Waals surface area contributed by atoms with Crippen molar-refractivity contribution in [2.75, 3.05) is 0 Å². The first-order valence-electron chi connectivity index (χ1n) is 19.3. The summed E-state index contributed by atoms with van der Waals surface area (Å²) in [6.07, 6.45) is 14.1. The Morgan fingerprint density at radius 3 is 2.05 bits per heavy atom. The number of nitrogens with zero attached hydrogens (tertiary/aromatic N) is 6. The minimum Gasteiger partial charge on any atom is -0.436 e. The molecule has 0 bridgehead atoms. The lowest BCUT2D eigenvalue weighted by Crippen LogP contribution is -2.24. The molecule has 4 aromatic heterocycles. The second kappa shape index (κ2) is 16.6. The average Bonchev–Trinajstić information content (AvgIpc) is 3.96. The molecule has 0 aliphatic heterocycles. The van der Waals surface area contributed by atoms with E-state index in [2.05, 4.69) is 87.8 Å². The van der Waals surface area contributed by atoms with Crippen LogP contribution < -0.4 is 5.59 Å². The van der Waals surface area contributed by atoms with Crippen LogP contribution in [0, 0.1) is 6.92 Å². The van der Waals surface area contributed by atoms with Crippen molar-refractivity contribution in [1.29, 1.82) is 0 Å². The zero-order valence-corrected chi connectivity index (χ0v) is 33.8. The predicted octanol–water partition coefficient (Wildman–Crippen LogP) is 11.7. The van der Waals surface area contributed by atoms with Crippen LogP contribution in [0.25, 0.3) is 78.3 Å².